The molecule has 4 nitrogen and oxygen atoms in total. The van der Waals surface area contributed by atoms with Crippen LogP contribution in [0.3, 0.4) is 0 Å². The van der Waals surface area contributed by atoms with E-state index in [1.165, 1.54) is 12.8 Å². The molecule has 2 aromatic rings. The molecule has 3 rings (SSSR count). The highest BCUT2D eigenvalue weighted by atomic mass is 35.5. The molecule has 5 heteroatoms. The number of anilines is 2. The Morgan fingerprint density at radius 3 is 2.70 bits per heavy atom. The van der Waals surface area contributed by atoms with Gasteiger partial charge in [0.25, 0.3) is 5.91 Å². The van der Waals surface area contributed by atoms with Crippen LogP contribution >= 0.6 is 11.6 Å². The number of rotatable bonds is 3. The molecule has 1 fully saturated rings. The monoisotopic (exact) mass is 329 g/mol. The highest BCUT2D eigenvalue weighted by Gasteiger charge is 2.16. The maximum Gasteiger partial charge on any atom is 0.256 e. The second-order valence-corrected chi connectivity index (χ2v) is 6.47. The van der Waals surface area contributed by atoms with Gasteiger partial charge >= 0.3 is 0 Å². The molecule has 0 saturated carbocycles. The molecule has 1 aliphatic heterocycles. The first-order chi connectivity index (χ1) is 11.1. The van der Waals surface area contributed by atoms with Gasteiger partial charge in [0, 0.05) is 23.7 Å². The van der Waals surface area contributed by atoms with Gasteiger partial charge in [0.15, 0.2) is 0 Å². The lowest BCUT2D eigenvalue weighted by atomic mass is 9.99. The van der Waals surface area contributed by atoms with E-state index < -0.39 is 0 Å². The predicted molar refractivity (Wildman–Crippen MR) is 94.3 cm³/mol. The number of hydrogen-bond acceptors (Lipinski definition) is 3. The van der Waals surface area contributed by atoms with E-state index in [1.807, 2.05) is 18.3 Å². The number of carbonyl (C=O) groups is 1. The summed E-state index contributed by atoms with van der Waals surface area (Å²) in [6, 6.07) is 10.7. The van der Waals surface area contributed by atoms with Crippen molar-refractivity contribution in [3.05, 3.63) is 53.2 Å². The van der Waals surface area contributed by atoms with Crippen molar-refractivity contribution in [3.8, 4) is 0 Å². The normalized spacial score (nSPS) is 15.5. The van der Waals surface area contributed by atoms with Crippen molar-refractivity contribution in [3.63, 3.8) is 0 Å². The first kappa shape index (κ1) is 15.8. The minimum absolute atomic E-state index is 0.209. The van der Waals surface area contributed by atoms with Crippen molar-refractivity contribution >= 4 is 29.0 Å². The predicted octanol–water partition coefficient (Wildman–Crippen LogP) is 4.22. The van der Waals surface area contributed by atoms with Crippen molar-refractivity contribution in [2.45, 2.75) is 19.8 Å². The van der Waals surface area contributed by atoms with Crippen molar-refractivity contribution in [1.29, 1.82) is 0 Å². The van der Waals surface area contributed by atoms with E-state index >= 15 is 0 Å². The van der Waals surface area contributed by atoms with Gasteiger partial charge in [0.1, 0.15) is 5.82 Å². The molecule has 1 amide bonds. The number of aromatic nitrogens is 1. The van der Waals surface area contributed by atoms with Gasteiger partial charge in [-0.1, -0.05) is 24.6 Å². The minimum Gasteiger partial charge on any atom is -0.370 e. The number of amides is 1. The van der Waals surface area contributed by atoms with Gasteiger partial charge < -0.3 is 10.2 Å². The van der Waals surface area contributed by atoms with E-state index in [9.17, 15) is 4.79 Å². The molecule has 0 aliphatic carbocycles. The van der Waals surface area contributed by atoms with Gasteiger partial charge in [0.05, 0.1) is 11.9 Å². The van der Waals surface area contributed by atoms with E-state index in [2.05, 4.69) is 22.1 Å². The van der Waals surface area contributed by atoms with E-state index in [1.54, 1.807) is 24.3 Å². The van der Waals surface area contributed by atoms with Crippen molar-refractivity contribution in [2.24, 2.45) is 5.92 Å². The van der Waals surface area contributed by atoms with Gasteiger partial charge in [-0.15, -0.1) is 0 Å². The molecule has 0 bridgehead atoms. The van der Waals surface area contributed by atoms with E-state index in [0.717, 1.165) is 24.7 Å². The van der Waals surface area contributed by atoms with E-state index in [4.69, 9.17) is 11.6 Å². The lowest BCUT2D eigenvalue weighted by Gasteiger charge is -2.31. The Balaban J connectivity index is 1.64. The molecule has 1 saturated heterocycles. The van der Waals surface area contributed by atoms with Crippen LogP contribution < -0.4 is 10.2 Å². The van der Waals surface area contributed by atoms with Gasteiger partial charge in [0.2, 0.25) is 0 Å². The Hall–Kier alpha value is -2.07. The van der Waals surface area contributed by atoms with Gasteiger partial charge in [-0.2, -0.15) is 0 Å². The number of nitrogens with one attached hydrogen (secondary N) is 1. The van der Waals surface area contributed by atoms with Gasteiger partial charge in [-0.05, 0) is 49.1 Å². The largest absolute Gasteiger partial charge is 0.370 e. The number of carbonyl (C=O) groups excluding carboxylic acids is 1. The van der Waals surface area contributed by atoms with Crippen molar-refractivity contribution in [2.75, 3.05) is 23.3 Å². The fraction of sp³-hybridized carbons (Fsp3) is 0.333. The average Bonchev–Trinajstić information content (AvgIpc) is 2.56. The number of nitrogens with zero attached hydrogens (tertiary/aromatic N) is 2. The Morgan fingerprint density at radius 1 is 1.26 bits per heavy atom. The van der Waals surface area contributed by atoms with Crippen LogP contribution in [0, 0.1) is 5.92 Å². The summed E-state index contributed by atoms with van der Waals surface area (Å²) in [4.78, 5) is 18.9. The Bertz CT molecular complexity index is 679. The molecule has 0 radical (unpaired) electrons. The molecule has 2 heterocycles. The first-order valence-corrected chi connectivity index (χ1v) is 8.27. The number of halogens is 1. The van der Waals surface area contributed by atoms with Gasteiger partial charge in [-0.25, -0.2) is 4.98 Å². The Kier molecular flexibility index (Phi) is 4.82. The standard InChI is InChI=1S/C18H20ClN3O/c1-13-7-9-22(10-8-13)16-5-6-17(20-12-16)21-18(23)14-3-2-4-15(19)11-14/h2-6,11-13H,7-10H2,1H3,(H,20,21,23). The van der Waals surface area contributed by atoms with Crippen LogP contribution in [0.2, 0.25) is 5.02 Å². The third-order valence-electron chi connectivity index (χ3n) is 4.23. The smallest absolute Gasteiger partial charge is 0.256 e. The summed E-state index contributed by atoms with van der Waals surface area (Å²) in [5, 5.41) is 3.34. The van der Waals surface area contributed by atoms with Crippen LogP contribution in [0.15, 0.2) is 42.6 Å². The Labute approximate surface area is 141 Å². The molecule has 1 aromatic heterocycles. The summed E-state index contributed by atoms with van der Waals surface area (Å²) in [7, 11) is 0. The quantitative estimate of drug-likeness (QED) is 0.916. The number of pyridine rings is 1. The van der Waals surface area contributed by atoms with Crippen LogP contribution in [0.4, 0.5) is 11.5 Å². The van der Waals surface area contributed by atoms with Gasteiger partial charge in [-0.3, -0.25) is 4.79 Å². The highest BCUT2D eigenvalue weighted by molar-refractivity contribution is 6.31. The van der Waals surface area contributed by atoms with E-state index in [-0.39, 0.29) is 5.91 Å². The third-order valence-corrected chi connectivity index (χ3v) is 4.46. The molecule has 0 spiro atoms. The molecule has 1 aromatic carbocycles. The summed E-state index contributed by atoms with van der Waals surface area (Å²) in [6.45, 7) is 4.43. The zero-order valence-corrected chi connectivity index (χ0v) is 13.9. The third kappa shape index (κ3) is 4.02. The fourth-order valence-corrected chi connectivity index (χ4v) is 2.92. The molecule has 0 unspecified atom stereocenters. The van der Waals surface area contributed by atoms with Crippen LogP contribution in [0.25, 0.3) is 0 Å². The fourth-order valence-electron chi connectivity index (χ4n) is 2.73. The van der Waals surface area contributed by atoms with E-state index in [0.29, 0.717) is 16.4 Å². The summed E-state index contributed by atoms with van der Waals surface area (Å²) in [5.74, 6) is 1.14. The summed E-state index contributed by atoms with van der Waals surface area (Å²) in [6.07, 6.45) is 4.25. The summed E-state index contributed by atoms with van der Waals surface area (Å²) < 4.78 is 0. The first-order valence-electron chi connectivity index (χ1n) is 7.90. The molecule has 23 heavy (non-hydrogen) atoms. The number of piperidine rings is 1. The zero-order chi connectivity index (χ0) is 16.2. The molecule has 0 atom stereocenters. The van der Waals surface area contributed by atoms with Crippen LogP contribution in [0.5, 0.6) is 0 Å². The van der Waals surface area contributed by atoms with Crippen molar-refractivity contribution < 1.29 is 4.79 Å². The number of hydrogen-bond donors (Lipinski definition) is 1. The Morgan fingerprint density at radius 2 is 2.04 bits per heavy atom. The SMILES string of the molecule is CC1CCN(c2ccc(NC(=O)c3cccc(Cl)c3)nc2)CC1. The second kappa shape index (κ2) is 7.01. The highest BCUT2D eigenvalue weighted by Crippen LogP contribution is 2.23. The average molecular weight is 330 g/mol. The molecular formula is C18H20ClN3O. The van der Waals surface area contributed by atoms with Crippen LogP contribution in [-0.4, -0.2) is 24.0 Å². The molecule has 1 aliphatic rings. The molecule has 1 N–H and O–H groups in total. The lowest BCUT2D eigenvalue weighted by Crippen LogP contribution is -2.32. The van der Waals surface area contributed by atoms with Crippen LogP contribution in [0.1, 0.15) is 30.1 Å². The molecular weight excluding hydrogens is 310 g/mol. The van der Waals surface area contributed by atoms with Crippen LogP contribution in [-0.2, 0) is 0 Å². The maximum atomic E-state index is 12.2. The lowest BCUT2D eigenvalue weighted by molar-refractivity contribution is 0.102. The molecule has 120 valence electrons. The minimum atomic E-state index is -0.209. The van der Waals surface area contributed by atoms with Crippen molar-refractivity contribution in [1.82, 2.24) is 4.98 Å². The summed E-state index contributed by atoms with van der Waals surface area (Å²) >= 11 is 5.91. The summed E-state index contributed by atoms with van der Waals surface area (Å²) in [5.41, 5.74) is 1.63. The second-order valence-electron chi connectivity index (χ2n) is 6.04. The zero-order valence-electron chi connectivity index (χ0n) is 13.1. The topological polar surface area (TPSA) is 45.2 Å². The number of benzene rings is 1. The maximum absolute atomic E-state index is 12.2.